The van der Waals surface area contributed by atoms with E-state index in [9.17, 15) is 5.11 Å². The van der Waals surface area contributed by atoms with E-state index in [0.29, 0.717) is 11.3 Å². The van der Waals surface area contributed by atoms with Gasteiger partial charge in [0.25, 0.3) is 0 Å². The molecule has 25 heavy (non-hydrogen) atoms. The van der Waals surface area contributed by atoms with E-state index in [0.717, 1.165) is 63.6 Å². The lowest BCUT2D eigenvalue weighted by molar-refractivity contribution is -0.0440. The number of pyridine rings is 1. The molecule has 0 radical (unpaired) electrons. The largest absolute Gasteiger partial charge is 0.383 e. The van der Waals surface area contributed by atoms with Crippen molar-refractivity contribution in [3.05, 3.63) is 23.9 Å². The molecule has 2 saturated heterocycles. The normalized spacial score (nSPS) is 28.1. The summed E-state index contributed by atoms with van der Waals surface area (Å²) in [7, 11) is 0. The van der Waals surface area contributed by atoms with E-state index in [2.05, 4.69) is 10.6 Å². The van der Waals surface area contributed by atoms with Gasteiger partial charge in [0.15, 0.2) is 0 Å². The minimum Gasteiger partial charge on any atom is -0.383 e. The molecule has 1 unspecified atom stereocenters. The van der Waals surface area contributed by atoms with Gasteiger partial charge < -0.3 is 20.5 Å². The second-order valence-electron chi connectivity index (χ2n) is 8.18. The number of anilines is 1. The minimum absolute atomic E-state index is 0.385. The van der Waals surface area contributed by atoms with Gasteiger partial charge in [-0.2, -0.15) is 0 Å². The molecule has 1 saturated carbocycles. The molecule has 0 aromatic carbocycles. The molecule has 1 spiro atoms. The molecule has 5 heteroatoms. The van der Waals surface area contributed by atoms with Crippen LogP contribution in [0.2, 0.25) is 0 Å². The molecule has 4 rings (SSSR count). The predicted octanol–water partition coefficient (Wildman–Crippen LogP) is 2.66. The number of nitrogens with zero attached hydrogens (tertiary/aromatic N) is 1. The summed E-state index contributed by atoms with van der Waals surface area (Å²) in [6, 6.07) is 6.00. The van der Waals surface area contributed by atoms with Crippen LogP contribution in [0.1, 0.15) is 50.6 Å². The summed E-state index contributed by atoms with van der Waals surface area (Å²) in [4.78, 5) is 4.75. The molecule has 1 aromatic heterocycles. The van der Waals surface area contributed by atoms with E-state index in [4.69, 9.17) is 9.72 Å². The summed E-state index contributed by atoms with van der Waals surface area (Å²) in [6.07, 6.45) is 7.89. The van der Waals surface area contributed by atoms with Crippen molar-refractivity contribution < 1.29 is 9.84 Å². The summed E-state index contributed by atoms with van der Waals surface area (Å²) < 4.78 is 5.82. The third-order valence-corrected chi connectivity index (χ3v) is 6.65. The predicted molar refractivity (Wildman–Crippen MR) is 98.6 cm³/mol. The van der Waals surface area contributed by atoms with Crippen molar-refractivity contribution >= 4 is 5.82 Å². The molecule has 1 aromatic rings. The Hall–Kier alpha value is -1.17. The summed E-state index contributed by atoms with van der Waals surface area (Å²) in [5, 5.41) is 17.8. The number of nitrogens with one attached hydrogen (secondary N) is 2. The van der Waals surface area contributed by atoms with Gasteiger partial charge in [0.2, 0.25) is 0 Å². The maximum atomic E-state index is 10.9. The molecule has 3 aliphatic rings. The van der Waals surface area contributed by atoms with E-state index < -0.39 is 5.60 Å². The molecular weight excluding hydrogens is 314 g/mol. The molecule has 0 bridgehead atoms. The van der Waals surface area contributed by atoms with E-state index in [1.165, 1.54) is 25.7 Å². The molecule has 3 heterocycles. The van der Waals surface area contributed by atoms with Crippen molar-refractivity contribution in [2.45, 2.75) is 50.5 Å². The second kappa shape index (κ2) is 7.22. The van der Waals surface area contributed by atoms with Crippen LogP contribution in [0.4, 0.5) is 5.82 Å². The molecular formula is C20H31N3O2. The zero-order valence-corrected chi connectivity index (χ0v) is 15.1. The van der Waals surface area contributed by atoms with Gasteiger partial charge >= 0.3 is 0 Å². The van der Waals surface area contributed by atoms with Crippen molar-refractivity contribution in [2.75, 3.05) is 38.2 Å². The number of hydrogen-bond donors (Lipinski definition) is 3. The average Bonchev–Trinajstić information content (AvgIpc) is 3.11. The van der Waals surface area contributed by atoms with Crippen molar-refractivity contribution in [3.8, 4) is 0 Å². The molecule has 3 N–H and O–H groups in total. The lowest BCUT2D eigenvalue weighted by atomic mass is 9.71. The van der Waals surface area contributed by atoms with Crippen LogP contribution in [-0.2, 0) is 10.3 Å². The maximum Gasteiger partial charge on any atom is 0.126 e. The average molecular weight is 345 g/mol. The topological polar surface area (TPSA) is 66.4 Å². The van der Waals surface area contributed by atoms with Crippen molar-refractivity contribution in [1.82, 2.24) is 10.3 Å². The summed E-state index contributed by atoms with van der Waals surface area (Å²) in [6.45, 7) is 4.47. The zero-order valence-electron chi connectivity index (χ0n) is 15.1. The van der Waals surface area contributed by atoms with Crippen LogP contribution in [0.5, 0.6) is 0 Å². The molecule has 3 fully saturated rings. The molecule has 1 aliphatic carbocycles. The Morgan fingerprint density at radius 3 is 2.80 bits per heavy atom. The van der Waals surface area contributed by atoms with Gasteiger partial charge in [-0.3, -0.25) is 0 Å². The maximum absolute atomic E-state index is 10.9. The van der Waals surface area contributed by atoms with E-state index in [-0.39, 0.29) is 0 Å². The Morgan fingerprint density at radius 1 is 1.20 bits per heavy atom. The van der Waals surface area contributed by atoms with Crippen LogP contribution < -0.4 is 10.6 Å². The van der Waals surface area contributed by atoms with E-state index in [1.807, 2.05) is 18.2 Å². The summed E-state index contributed by atoms with van der Waals surface area (Å²) in [5.41, 5.74) is 0.409. The Morgan fingerprint density at radius 2 is 2.00 bits per heavy atom. The molecule has 138 valence electrons. The highest BCUT2D eigenvalue weighted by Gasteiger charge is 2.43. The van der Waals surface area contributed by atoms with Gasteiger partial charge in [-0.1, -0.05) is 18.9 Å². The monoisotopic (exact) mass is 345 g/mol. The Kier molecular flexibility index (Phi) is 4.98. The Balaban J connectivity index is 1.43. The molecule has 2 aliphatic heterocycles. The molecule has 0 amide bonds. The fourth-order valence-corrected chi connectivity index (χ4v) is 4.99. The van der Waals surface area contributed by atoms with E-state index in [1.54, 1.807) is 0 Å². The fourth-order valence-electron chi connectivity index (χ4n) is 4.99. The first-order valence-electron chi connectivity index (χ1n) is 9.93. The van der Waals surface area contributed by atoms with Crippen molar-refractivity contribution in [2.24, 2.45) is 11.3 Å². The SMILES string of the molecule is OC1(c2cccc(NCC3CCOCC34CCCC4)n2)CCNCC1. The van der Waals surface area contributed by atoms with Crippen molar-refractivity contribution in [3.63, 3.8) is 0 Å². The third kappa shape index (κ3) is 3.55. The minimum atomic E-state index is -0.783. The van der Waals surface area contributed by atoms with Gasteiger partial charge in [-0.15, -0.1) is 0 Å². The standard InChI is InChI=1S/C20H31N3O2/c24-20(9-11-21-12-10-20)17-4-3-5-18(23-17)22-14-16-6-13-25-15-19(16)7-1-2-8-19/h3-5,16,21,24H,1-2,6-15H2,(H,22,23). The first-order chi connectivity index (χ1) is 12.2. The number of piperidine rings is 1. The zero-order chi connectivity index (χ0) is 17.2. The highest BCUT2D eigenvalue weighted by molar-refractivity contribution is 5.37. The second-order valence-corrected chi connectivity index (χ2v) is 8.18. The molecule has 1 atom stereocenters. The highest BCUT2D eigenvalue weighted by Crippen LogP contribution is 2.47. The quantitative estimate of drug-likeness (QED) is 0.783. The van der Waals surface area contributed by atoms with Crippen LogP contribution in [0.15, 0.2) is 18.2 Å². The van der Waals surface area contributed by atoms with Gasteiger partial charge in [-0.05, 0) is 68.7 Å². The van der Waals surface area contributed by atoms with Gasteiger partial charge in [-0.25, -0.2) is 4.98 Å². The third-order valence-electron chi connectivity index (χ3n) is 6.65. The number of ether oxygens (including phenoxy) is 1. The smallest absolute Gasteiger partial charge is 0.126 e. The molecule has 5 nitrogen and oxygen atoms in total. The Bertz CT molecular complexity index is 580. The van der Waals surface area contributed by atoms with Crippen LogP contribution >= 0.6 is 0 Å². The van der Waals surface area contributed by atoms with Crippen LogP contribution in [0, 0.1) is 11.3 Å². The first-order valence-corrected chi connectivity index (χ1v) is 9.93. The number of hydrogen-bond acceptors (Lipinski definition) is 5. The van der Waals surface area contributed by atoms with E-state index >= 15 is 0 Å². The van der Waals surface area contributed by atoms with Gasteiger partial charge in [0.1, 0.15) is 11.4 Å². The summed E-state index contributed by atoms with van der Waals surface area (Å²) >= 11 is 0. The van der Waals surface area contributed by atoms with Crippen molar-refractivity contribution in [1.29, 1.82) is 0 Å². The number of rotatable bonds is 4. The lowest BCUT2D eigenvalue weighted by Gasteiger charge is -2.41. The number of aliphatic hydroxyl groups is 1. The highest BCUT2D eigenvalue weighted by atomic mass is 16.5. The lowest BCUT2D eigenvalue weighted by Crippen LogP contribution is -2.41. The van der Waals surface area contributed by atoms with Crippen LogP contribution in [0.3, 0.4) is 0 Å². The fraction of sp³-hybridized carbons (Fsp3) is 0.750. The van der Waals surface area contributed by atoms with Gasteiger partial charge in [0.05, 0.1) is 12.3 Å². The summed E-state index contributed by atoms with van der Waals surface area (Å²) in [5.74, 6) is 1.56. The van der Waals surface area contributed by atoms with Crippen LogP contribution in [-0.4, -0.2) is 42.9 Å². The first kappa shape index (κ1) is 17.3. The van der Waals surface area contributed by atoms with Gasteiger partial charge in [0, 0.05) is 13.2 Å². The number of aromatic nitrogens is 1. The Labute approximate surface area is 150 Å². The van der Waals surface area contributed by atoms with Crippen LogP contribution in [0.25, 0.3) is 0 Å².